The van der Waals surface area contributed by atoms with Crippen molar-refractivity contribution in [3.05, 3.63) is 76.5 Å². The number of nitrogens with one attached hydrogen (secondary N) is 1. The molecular weight excluding hydrogens is 390 g/mol. The highest BCUT2D eigenvalue weighted by atomic mass is 16.6. The van der Waals surface area contributed by atoms with E-state index in [1.165, 1.54) is 18.3 Å². The Balaban J connectivity index is 1.54. The van der Waals surface area contributed by atoms with Crippen LogP contribution in [-0.4, -0.2) is 30.3 Å². The molecule has 0 unspecified atom stereocenters. The van der Waals surface area contributed by atoms with Crippen LogP contribution in [-0.2, 0) is 4.79 Å². The lowest BCUT2D eigenvalue weighted by molar-refractivity contribution is -0.384. The van der Waals surface area contributed by atoms with E-state index in [0.717, 1.165) is 0 Å². The summed E-state index contributed by atoms with van der Waals surface area (Å²) in [6.07, 6.45) is 1.33. The zero-order chi connectivity index (χ0) is 21.3. The van der Waals surface area contributed by atoms with E-state index in [-0.39, 0.29) is 12.3 Å². The molecule has 1 aromatic heterocycles. The minimum absolute atomic E-state index is 0.0303. The molecule has 2 aromatic carbocycles. The van der Waals surface area contributed by atoms with Crippen molar-refractivity contribution in [3.63, 3.8) is 0 Å². The Labute approximate surface area is 172 Å². The van der Waals surface area contributed by atoms with Gasteiger partial charge in [0, 0.05) is 17.7 Å². The molecule has 1 N–H and O–H groups in total. The number of carbonyl (C=O) groups is 1. The Morgan fingerprint density at radius 3 is 2.63 bits per heavy atom. The number of nitrogens with zero attached hydrogens (tertiary/aromatic N) is 2. The van der Waals surface area contributed by atoms with Gasteiger partial charge in [-0.3, -0.25) is 14.9 Å². The Bertz CT molecular complexity index is 1060. The van der Waals surface area contributed by atoms with Crippen LogP contribution in [0.1, 0.15) is 12.7 Å². The SMILES string of the molecule is CCOc1ccccc1OCC(=O)NN=Cc1ccc(-c2cccc([N+](=O)[O-])c2)o1. The lowest BCUT2D eigenvalue weighted by Gasteiger charge is -2.10. The van der Waals surface area contributed by atoms with Gasteiger partial charge in [-0.15, -0.1) is 0 Å². The van der Waals surface area contributed by atoms with Crippen LogP contribution in [0.25, 0.3) is 11.3 Å². The van der Waals surface area contributed by atoms with Crippen molar-refractivity contribution in [2.45, 2.75) is 6.92 Å². The van der Waals surface area contributed by atoms with Crippen molar-refractivity contribution in [3.8, 4) is 22.8 Å². The summed E-state index contributed by atoms with van der Waals surface area (Å²) < 4.78 is 16.5. The van der Waals surface area contributed by atoms with Gasteiger partial charge >= 0.3 is 0 Å². The number of hydrazone groups is 1. The van der Waals surface area contributed by atoms with Gasteiger partial charge in [0.1, 0.15) is 11.5 Å². The predicted octanol–water partition coefficient (Wildman–Crippen LogP) is 3.78. The molecule has 0 aliphatic rings. The maximum atomic E-state index is 11.9. The second-order valence-electron chi connectivity index (χ2n) is 5.97. The molecule has 0 fully saturated rings. The molecule has 154 valence electrons. The van der Waals surface area contributed by atoms with Crippen LogP contribution in [0.4, 0.5) is 5.69 Å². The lowest BCUT2D eigenvalue weighted by Crippen LogP contribution is -2.24. The summed E-state index contributed by atoms with van der Waals surface area (Å²) in [5.41, 5.74) is 2.88. The number of hydrogen-bond acceptors (Lipinski definition) is 7. The van der Waals surface area contributed by atoms with Crippen LogP contribution in [0.15, 0.2) is 70.2 Å². The second kappa shape index (κ2) is 9.87. The fraction of sp³-hybridized carbons (Fsp3) is 0.143. The first kappa shape index (κ1) is 20.6. The molecule has 0 aliphatic carbocycles. The monoisotopic (exact) mass is 409 g/mol. The molecule has 0 bridgehead atoms. The van der Waals surface area contributed by atoms with E-state index in [9.17, 15) is 14.9 Å². The standard InChI is InChI=1S/C21H19N3O6/c1-2-28-19-8-3-4-9-20(19)29-14-21(25)23-22-13-17-10-11-18(30-17)15-6-5-7-16(12-15)24(26)27/h3-13H,2,14H2,1H3,(H,23,25). The van der Waals surface area contributed by atoms with Gasteiger partial charge in [-0.05, 0) is 31.2 Å². The van der Waals surface area contributed by atoms with E-state index in [0.29, 0.717) is 35.2 Å². The molecule has 0 saturated heterocycles. The second-order valence-corrected chi connectivity index (χ2v) is 5.97. The number of para-hydroxylation sites is 2. The third-order valence-corrected chi connectivity index (χ3v) is 3.86. The van der Waals surface area contributed by atoms with Gasteiger partial charge in [0.2, 0.25) is 0 Å². The minimum Gasteiger partial charge on any atom is -0.490 e. The van der Waals surface area contributed by atoms with Crippen LogP contribution in [0.2, 0.25) is 0 Å². The summed E-state index contributed by atoms with van der Waals surface area (Å²) in [6.45, 7) is 2.11. The van der Waals surface area contributed by atoms with Crippen molar-refractivity contribution >= 4 is 17.8 Å². The average Bonchev–Trinajstić information content (AvgIpc) is 3.22. The molecular formula is C21H19N3O6. The van der Waals surface area contributed by atoms with Crippen LogP contribution in [0.3, 0.4) is 0 Å². The van der Waals surface area contributed by atoms with Gasteiger partial charge in [0.15, 0.2) is 18.1 Å². The number of furan rings is 1. The van der Waals surface area contributed by atoms with Crippen molar-refractivity contribution < 1.29 is 23.6 Å². The highest BCUT2D eigenvalue weighted by Gasteiger charge is 2.10. The Kier molecular flexibility index (Phi) is 6.78. The molecule has 0 aliphatic heterocycles. The first-order valence-corrected chi connectivity index (χ1v) is 9.08. The number of nitro groups is 1. The molecule has 9 nitrogen and oxygen atoms in total. The number of benzene rings is 2. The van der Waals surface area contributed by atoms with Crippen LogP contribution in [0.5, 0.6) is 11.5 Å². The maximum Gasteiger partial charge on any atom is 0.277 e. The van der Waals surface area contributed by atoms with Gasteiger partial charge in [-0.2, -0.15) is 5.10 Å². The Hall–Kier alpha value is -4.14. The van der Waals surface area contributed by atoms with Crippen LogP contribution < -0.4 is 14.9 Å². The zero-order valence-electron chi connectivity index (χ0n) is 16.1. The molecule has 3 aromatic rings. The molecule has 0 spiro atoms. The predicted molar refractivity (Wildman–Crippen MR) is 110 cm³/mol. The van der Waals surface area contributed by atoms with E-state index < -0.39 is 10.8 Å². The smallest absolute Gasteiger partial charge is 0.277 e. The van der Waals surface area contributed by atoms with E-state index >= 15 is 0 Å². The fourth-order valence-electron chi connectivity index (χ4n) is 2.54. The zero-order valence-corrected chi connectivity index (χ0v) is 16.1. The van der Waals surface area contributed by atoms with Gasteiger partial charge in [0.25, 0.3) is 11.6 Å². The number of nitro benzene ring substituents is 1. The third-order valence-electron chi connectivity index (χ3n) is 3.86. The molecule has 1 amide bonds. The van der Waals surface area contributed by atoms with Crippen LogP contribution in [0, 0.1) is 10.1 Å². The van der Waals surface area contributed by atoms with Crippen molar-refractivity contribution in [2.75, 3.05) is 13.2 Å². The normalized spacial score (nSPS) is 10.7. The number of ether oxygens (including phenoxy) is 2. The quantitative estimate of drug-likeness (QED) is 0.327. The molecule has 0 radical (unpaired) electrons. The summed E-state index contributed by atoms with van der Waals surface area (Å²) in [5, 5.41) is 14.7. The van der Waals surface area contributed by atoms with E-state index in [2.05, 4.69) is 10.5 Å². The Morgan fingerprint density at radius 2 is 1.90 bits per heavy atom. The summed E-state index contributed by atoms with van der Waals surface area (Å²) in [7, 11) is 0. The molecule has 0 atom stereocenters. The van der Waals surface area contributed by atoms with Gasteiger partial charge in [-0.1, -0.05) is 24.3 Å². The Morgan fingerprint density at radius 1 is 1.13 bits per heavy atom. The fourth-order valence-corrected chi connectivity index (χ4v) is 2.54. The topological polar surface area (TPSA) is 116 Å². The van der Waals surface area contributed by atoms with Gasteiger partial charge < -0.3 is 13.9 Å². The van der Waals surface area contributed by atoms with Crippen LogP contribution >= 0.6 is 0 Å². The van der Waals surface area contributed by atoms with E-state index in [1.807, 2.05) is 13.0 Å². The summed E-state index contributed by atoms with van der Waals surface area (Å²) in [4.78, 5) is 22.3. The number of amides is 1. The molecule has 1 heterocycles. The summed E-state index contributed by atoms with van der Waals surface area (Å²) >= 11 is 0. The summed E-state index contributed by atoms with van der Waals surface area (Å²) in [5.74, 6) is 1.39. The highest BCUT2D eigenvalue weighted by Crippen LogP contribution is 2.26. The average molecular weight is 409 g/mol. The first-order valence-electron chi connectivity index (χ1n) is 9.08. The van der Waals surface area contributed by atoms with Crippen molar-refractivity contribution in [1.29, 1.82) is 0 Å². The van der Waals surface area contributed by atoms with Crippen molar-refractivity contribution in [1.82, 2.24) is 5.43 Å². The first-order chi connectivity index (χ1) is 14.6. The number of rotatable bonds is 9. The molecule has 30 heavy (non-hydrogen) atoms. The van der Waals surface area contributed by atoms with Crippen molar-refractivity contribution in [2.24, 2.45) is 5.10 Å². The van der Waals surface area contributed by atoms with Gasteiger partial charge in [0.05, 0.1) is 17.7 Å². The lowest BCUT2D eigenvalue weighted by atomic mass is 10.1. The highest BCUT2D eigenvalue weighted by molar-refractivity contribution is 5.81. The summed E-state index contributed by atoms with van der Waals surface area (Å²) in [6, 6.07) is 16.5. The minimum atomic E-state index is -0.473. The molecule has 9 heteroatoms. The molecule has 3 rings (SSSR count). The van der Waals surface area contributed by atoms with E-state index in [4.69, 9.17) is 13.9 Å². The largest absolute Gasteiger partial charge is 0.490 e. The van der Waals surface area contributed by atoms with E-state index in [1.54, 1.807) is 42.5 Å². The number of non-ortho nitro benzene ring substituents is 1. The third kappa shape index (κ3) is 5.44. The van der Waals surface area contributed by atoms with Gasteiger partial charge in [-0.25, -0.2) is 5.43 Å². The number of hydrogen-bond donors (Lipinski definition) is 1. The number of carbonyl (C=O) groups excluding carboxylic acids is 1. The maximum absolute atomic E-state index is 11.9. The molecule has 0 saturated carbocycles.